The molecular formula is C20H29N7O3S. The second-order valence-electron chi connectivity index (χ2n) is 8.32. The molecule has 0 aliphatic carbocycles. The van der Waals surface area contributed by atoms with E-state index in [1.807, 2.05) is 18.7 Å². The van der Waals surface area contributed by atoms with E-state index < -0.39 is 10.0 Å². The van der Waals surface area contributed by atoms with Crippen molar-refractivity contribution in [3.8, 4) is 0 Å². The summed E-state index contributed by atoms with van der Waals surface area (Å²) in [6.07, 6.45) is 7.89. The molecule has 0 aromatic carbocycles. The Morgan fingerprint density at radius 1 is 1.06 bits per heavy atom. The zero-order chi connectivity index (χ0) is 22.0. The molecule has 4 rings (SSSR count). The number of hydrogen-bond acceptors (Lipinski definition) is 7. The zero-order valence-electron chi connectivity index (χ0n) is 18.0. The van der Waals surface area contributed by atoms with Gasteiger partial charge in [0.15, 0.2) is 5.03 Å². The topological polar surface area (TPSA) is 105 Å². The normalized spacial score (nSPS) is 20.9. The van der Waals surface area contributed by atoms with Gasteiger partial charge in [0.25, 0.3) is 10.0 Å². The van der Waals surface area contributed by atoms with Crippen molar-refractivity contribution in [1.29, 1.82) is 0 Å². The van der Waals surface area contributed by atoms with Crippen molar-refractivity contribution >= 4 is 21.9 Å². The third kappa shape index (κ3) is 4.57. The molecule has 0 bridgehead atoms. The van der Waals surface area contributed by atoms with E-state index in [-0.39, 0.29) is 29.4 Å². The number of piperidine rings is 1. The van der Waals surface area contributed by atoms with E-state index >= 15 is 0 Å². The molecular weight excluding hydrogens is 418 g/mol. The molecule has 0 radical (unpaired) electrons. The lowest BCUT2D eigenvalue weighted by Crippen LogP contribution is -2.53. The van der Waals surface area contributed by atoms with Crippen LogP contribution in [0.1, 0.15) is 32.7 Å². The second kappa shape index (κ2) is 8.91. The lowest BCUT2D eigenvalue weighted by molar-refractivity contribution is -0.137. The van der Waals surface area contributed by atoms with Crippen LogP contribution in [0.4, 0.5) is 5.95 Å². The smallest absolute Gasteiger partial charge is 0.262 e. The van der Waals surface area contributed by atoms with Gasteiger partial charge in [-0.3, -0.25) is 4.79 Å². The van der Waals surface area contributed by atoms with E-state index in [9.17, 15) is 13.2 Å². The number of sulfonamides is 1. The van der Waals surface area contributed by atoms with E-state index in [1.165, 1.54) is 4.31 Å². The van der Waals surface area contributed by atoms with Crippen LogP contribution in [0.5, 0.6) is 0 Å². The second-order valence-corrected chi connectivity index (χ2v) is 10.2. The Morgan fingerprint density at radius 2 is 1.77 bits per heavy atom. The number of anilines is 1. The van der Waals surface area contributed by atoms with Crippen LogP contribution in [0.15, 0.2) is 36.0 Å². The minimum Gasteiger partial charge on any atom is -0.339 e. The fourth-order valence-electron chi connectivity index (χ4n) is 4.07. The van der Waals surface area contributed by atoms with Gasteiger partial charge in [-0.05, 0) is 32.8 Å². The molecule has 1 amide bonds. The standard InChI is InChI=1S/C20H29N7O3S/c1-16(2)26-14-18(23-15-26)31(29,30)27-8-3-5-17(13-27)19(28)24-9-11-25(12-10-24)20-21-6-4-7-22-20/h4,6-7,14-17H,3,5,8-13H2,1-2H3/t17-/m0/s1. The molecule has 0 saturated carbocycles. The number of piperazine rings is 1. The zero-order valence-corrected chi connectivity index (χ0v) is 18.8. The van der Waals surface area contributed by atoms with Gasteiger partial charge in [0, 0.05) is 63.9 Å². The summed E-state index contributed by atoms with van der Waals surface area (Å²) in [4.78, 5) is 29.7. The van der Waals surface area contributed by atoms with Crippen molar-refractivity contribution in [2.75, 3.05) is 44.2 Å². The number of hydrogen-bond donors (Lipinski definition) is 0. The highest BCUT2D eigenvalue weighted by Crippen LogP contribution is 2.25. The van der Waals surface area contributed by atoms with Gasteiger partial charge < -0.3 is 14.4 Å². The lowest BCUT2D eigenvalue weighted by Gasteiger charge is -2.38. The van der Waals surface area contributed by atoms with Crippen molar-refractivity contribution in [3.05, 3.63) is 31.0 Å². The molecule has 1 atom stereocenters. The fourth-order valence-corrected chi connectivity index (χ4v) is 5.51. The first-order chi connectivity index (χ1) is 14.9. The van der Waals surface area contributed by atoms with Gasteiger partial charge in [-0.15, -0.1) is 0 Å². The summed E-state index contributed by atoms with van der Waals surface area (Å²) in [5.41, 5.74) is 0. The van der Waals surface area contributed by atoms with Crippen LogP contribution in [0, 0.1) is 5.92 Å². The number of aromatic nitrogens is 4. The fraction of sp³-hybridized carbons (Fsp3) is 0.600. The molecule has 2 aromatic rings. The molecule has 10 nitrogen and oxygen atoms in total. The number of amides is 1. The minimum atomic E-state index is -3.71. The summed E-state index contributed by atoms with van der Waals surface area (Å²) in [6.45, 7) is 7.05. The van der Waals surface area contributed by atoms with Gasteiger partial charge in [-0.2, -0.15) is 4.31 Å². The van der Waals surface area contributed by atoms with Crippen molar-refractivity contribution in [3.63, 3.8) is 0 Å². The highest BCUT2D eigenvalue weighted by atomic mass is 32.2. The molecule has 0 unspecified atom stereocenters. The Balaban J connectivity index is 1.38. The number of carbonyl (C=O) groups excluding carboxylic acids is 1. The molecule has 2 aromatic heterocycles. The third-order valence-electron chi connectivity index (χ3n) is 5.94. The molecule has 31 heavy (non-hydrogen) atoms. The number of carbonyl (C=O) groups is 1. The quantitative estimate of drug-likeness (QED) is 0.673. The molecule has 11 heteroatoms. The van der Waals surface area contributed by atoms with E-state index in [0.717, 1.165) is 0 Å². The van der Waals surface area contributed by atoms with Crippen LogP contribution in [0.25, 0.3) is 0 Å². The first-order valence-corrected chi connectivity index (χ1v) is 12.1. The van der Waals surface area contributed by atoms with E-state index in [4.69, 9.17) is 0 Å². The average molecular weight is 448 g/mol. The molecule has 2 aliphatic rings. The average Bonchev–Trinajstić information content (AvgIpc) is 3.31. The van der Waals surface area contributed by atoms with Gasteiger partial charge in [-0.1, -0.05) is 0 Å². The molecule has 0 spiro atoms. The summed E-state index contributed by atoms with van der Waals surface area (Å²) in [6, 6.07) is 1.91. The van der Waals surface area contributed by atoms with Gasteiger partial charge >= 0.3 is 0 Å². The Labute approximate surface area is 183 Å². The molecule has 4 heterocycles. The van der Waals surface area contributed by atoms with Crippen LogP contribution < -0.4 is 4.90 Å². The van der Waals surface area contributed by atoms with E-state index in [0.29, 0.717) is 51.5 Å². The van der Waals surface area contributed by atoms with E-state index in [2.05, 4.69) is 19.9 Å². The highest BCUT2D eigenvalue weighted by molar-refractivity contribution is 7.89. The Kier molecular flexibility index (Phi) is 6.24. The van der Waals surface area contributed by atoms with Crippen LogP contribution in [0.2, 0.25) is 0 Å². The molecule has 2 aliphatic heterocycles. The van der Waals surface area contributed by atoms with Gasteiger partial charge in [-0.25, -0.2) is 23.4 Å². The van der Waals surface area contributed by atoms with Crippen LogP contribution in [-0.4, -0.2) is 82.3 Å². The first kappa shape index (κ1) is 21.7. The summed E-state index contributed by atoms with van der Waals surface area (Å²) >= 11 is 0. The summed E-state index contributed by atoms with van der Waals surface area (Å²) in [7, 11) is -3.71. The molecule has 0 N–H and O–H groups in total. The monoisotopic (exact) mass is 447 g/mol. The maximum absolute atomic E-state index is 13.1. The van der Waals surface area contributed by atoms with Crippen molar-refractivity contribution in [2.24, 2.45) is 5.92 Å². The number of rotatable bonds is 5. The summed E-state index contributed by atoms with van der Waals surface area (Å²) < 4.78 is 29.3. The minimum absolute atomic E-state index is 0.0289. The lowest BCUT2D eigenvalue weighted by atomic mass is 9.98. The van der Waals surface area contributed by atoms with E-state index in [1.54, 1.807) is 35.6 Å². The van der Waals surface area contributed by atoms with Gasteiger partial charge in [0.1, 0.15) is 0 Å². The third-order valence-corrected chi connectivity index (χ3v) is 7.69. The Hall–Kier alpha value is -2.53. The molecule has 168 valence electrons. The van der Waals surface area contributed by atoms with Crippen LogP contribution in [-0.2, 0) is 14.8 Å². The van der Waals surface area contributed by atoms with Crippen molar-refractivity contribution in [2.45, 2.75) is 37.8 Å². The van der Waals surface area contributed by atoms with Crippen molar-refractivity contribution < 1.29 is 13.2 Å². The van der Waals surface area contributed by atoms with Gasteiger partial charge in [0.05, 0.1) is 12.2 Å². The predicted octanol–water partition coefficient (Wildman–Crippen LogP) is 1.00. The first-order valence-electron chi connectivity index (χ1n) is 10.7. The van der Waals surface area contributed by atoms with Crippen LogP contribution >= 0.6 is 0 Å². The SMILES string of the molecule is CC(C)n1cnc(S(=O)(=O)N2CCC[C@H](C(=O)N3CCN(c4ncccn4)CC3)C2)c1. The highest BCUT2D eigenvalue weighted by Gasteiger charge is 2.37. The maximum Gasteiger partial charge on any atom is 0.262 e. The summed E-state index contributed by atoms with van der Waals surface area (Å²) in [5.74, 6) is 0.377. The number of nitrogens with zero attached hydrogens (tertiary/aromatic N) is 7. The van der Waals surface area contributed by atoms with Crippen molar-refractivity contribution in [1.82, 2.24) is 28.7 Å². The molecule has 2 fully saturated rings. The Bertz CT molecular complexity index is 1000. The van der Waals surface area contributed by atoms with Gasteiger partial charge in [0.2, 0.25) is 11.9 Å². The van der Waals surface area contributed by atoms with Crippen LogP contribution in [0.3, 0.4) is 0 Å². The number of imidazole rings is 1. The maximum atomic E-state index is 13.1. The molecule has 2 saturated heterocycles. The predicted molar refractivity (Wildman–Crippen MR) is 115 cm³/mol. The largest absolute Gasteiger partial charge is 0.339 e. The summed E-state index contributed by atoms with van der Waals surface area (Å²) in [5, 5.41) is 0.0470. The Morgan fingerprint density at radius 3 is 2.42 bits per heavy atom.